The fourth-order valence-corrected chi connectivity index (χ4v) is 4.45. The zero-order valence-corrected chi connectivity index (χ0v) is 16.6. The van der Waals surface area contributed by atoms with E-state index in [0.29, 0.717) is 33.4 Å². The van der Waals surface area contributed by atoms with Crippen molar-refractivity contribution < 1.29 is 9.18 Å². The molecule has 0 spiro atoms. The van der Waals surface area contributed by atoms with E-state index in [1.54, 1.807) is 6.07 Å². The van der Waals surface area contributed by atoms with Crippen LogP contribution >= 0.6 is 11.8 Å². The van der Waals surface area contributed by atoms with E-state index < -0.39 is 0 Å². The van der Waals surface area contributed by atoms with Gasteiger partial charge in [-0.05, 0) is 37.0 Å². The Hall–Kier alpha value is -2.47. The monoisotopic (exact) mass is 395 g/mol. The summed E-state index contributed by atoms with van der Waals surface area (Å²) in [6.45, 7) is 3.81. The smallest absolute Gasteiger partial charge is 0.232 e. The first-order chi connectivity index (χ1) is 13.6. The molecule has 1 aliphatic heterocycles. The standard InChI is InChI=1S/C22H22FN3OS/c1-15-6-5-11-26(13-15)20(27)14-28-22-18-12-17(23)9-10-19(18)24-21(25-22)16-7-3-2-4-8-16/h2-4,7-10,12,15H,5-6,11,13-14H2,1H3/t15-/m1/s1. The second-order valence-corrected chi connectivity index (χ2v) is 8.22. The zero-order valence-electron chi connectivity index (χ0n) is 15.8. The molecule has 144 valence electrons. The molecule has 1 fully saturated rings. The van der Waals surface area contributed by atoms with Crippen molar-refractivity contribution in [3.05, 3.63) is 54.3 Å². The van der Waals surface area contributed by atoms with Gasteiger partial charge in [-0.15, -0.1) is 0 Å². The molecule has 0 aliphatic carbocycles. The number of thioether (sulfide) groups is 1. The molecule has 0 radical (unpaired) electrons. The van der Waals surface area contributed by atoms with Gasteiger partial charge in [-0.3, -0.25) is 4.79 Å². The number of carbonyl (C=O) groups excluding carboxylic acids is 1. The molecule has 28 heavy (non-hydrogen) atoms. The number of amides is 1. The summed E-state index contributed by atoms with van der Waals surface area (Å²) in [5.74, 6) is 1.20. The first kappa shape index (κ1) is 18.9. The lowest BCUT2D eigenvalue weighted by Gasteiger charge is -2.30. The van der Waals surface area contributed by atoms with Gasteiger partial charge >= 0.3 is 0 Å². The minimum Gasteiger partial charge on any atom is -0.342 e. The Morgan fingerprint density at radius 3 is 2.82 bits per heavy atom. The average molecular weight is 396 g/mol. The van der Waals surface area contributed by atoms with Crippen molar-refractivity contribution in [2.24, 2.45) is 5.92 Å². The van der Waals surface area contributed by atoms with Crippen LogP contribution in [0.15, 0.2) is 53.6 Å². The maximum atomic E-state index is 13.8. The Kier molecular flexibility index (Phi) is 5.57. The highest BCUT2D eigenvalue weighted by Gasteiger charge is 2.21. The first-order valence-corrected chi connectivity index (χ1v) is 10.5. The van der Waals surface area contributed by atoms with Crippen molar-refractivity contribution in [1.29, 1.82) is 0 Å². The van der Waals surface area contributed by atoms with E-state index in [1.807, 2.05) is 35.2 Å². The van der Waals surface area contributed by atoms with E-state index in [0.717, 1.165) is 25.1 Å². The second-order valence-electron chi connectivity index (χ2n) is 7.26. The number of rotatable bonds is 4. The Balaban J connectivity index is 1.63. The van der Waals surface area contributed by atoms with Crippen molar-refractivity contribution in [3.8, 4) is 11.4 Å². The van der Waals surface area contributed by atoms with E-state index in [4.69, 9.17) is 0 Å². The molecule has 2 heterocycles. The van der Waals surface area contributed by atoms with Crippen LogP contribution in [0.5, 0.6) is 0 Å². The number of hydrogen-bond donors (Lipinski definition) is 0. The molecule has 1 atom stereocenters. The molecule has 1 aromatic heterocycles. The molecule has 0 unspecified atom stereocenters. The van der Waals surface area contributed by atoms with Crippen molar-refractivity contribution in [2.45, 2.75) is 24.8 Å². The molecule has 4 nitrogen and oxygen atoms in total. The summed E-state index contributed by atoms with van der Waals surface area (Å²) < 4.78 is 13.8. The number of likely N-dealkylation sites (tertiary alicyclic amines) is 1. The van der Waals surface area contributed by atoms with Crippen LogP contribution in [0, 0.1) is 11.7 Å². The van der Waals surface area contributed by atoms with Crippen LogP contribution in [0.3, 0.4) is 0 Å². The fourth-order valence-electron chi connectivity index (χ4n) is 3.54. The van der Waals surface area contributed by atoms with Gasteiger partial charge in [0.1, 0.15) is 10.8 Å². The number of nitrogens with zero attached hydrogens (tertiary/aromatic N) is 3. The van der Waals surface area contributed by atoms with Crippen LogP contribution in [0.25, 0.3) is 22.3 Å². The molecule has 1 saturated heterocycles. The lowest BCUT2D eigenvalue weighted by molar-refractivity contribution is -0.130. The van der Waals surface area contributed by atoms with Gasteiger partial charge in [0, 0.05) is 24.0 Å². The summed E-state index contributed by atoms with van der Waals surface area (Å²) in [4.78, 5) is 23.8. The van der Waals surface area contributed by atoms with E-state index >= 15 is 0 Å². The lowest BCUT2D eigenvalue weighted by Crippen LogP contribution is -2.40. The number of aromatic nitrogens is 2. The van der Waals surface area contributed by atoms with Gasteiger partial charge in [-0.25, -0.2) is 14.4 Å². The molecule has 4 rings (SSSR count). The van der Waals surface area contributed by atoms with Crippen molar-refractivity contribution in [3.63, 3.8) is 0 Å². The SMILES string of the molecule is C[C@@H]1CCCN(C(=O)CSc2nc(-c3ccccc3)nc3ccc(F)cc23)C1. The predicted molar refractivity (Wildman–Crippen MR) is 111 cm³/mol. The minimum atomic E-state index is -0.332. The van der Waals surface area contributed by atoms with Gasteiger partial charge in [0.25, 0.3) is 0 Å². The van der Waals surface area contributed by atoms with Gasteiger partial charge in [-0.2, -0.15) is 0 Å². The van der Waals surface area contributed by atoms with E-state index in [-0.39, 0.29) is 11.7 Å². The normalized spacial score (nSPS) is 17.1. The summed E-state index contributed by atoms with van der Waals surface area (Å²) in [7, 11) is 0. The highest BCUT2D eigenvalue weighted by Crippen LogP contribution is 2.29. The van der Waals surface area contributed by atoms with E-state index in [2.05, 4.69) is 16.9 Å². The van der Waals surface area contributed by atoms with Gasteiger partial charge in [0.05, 0.1) is 11.3 Å². The first-order valence-electron chi connectivity index (χ1n) is 9.53. The lowest BCUT2D eigenvalue weighted by atomic mass is 10.0. The number of benzene rings is 2. The fraction of sp³-hybridized carbons (Fsp3) is 0.318. The Morgan fingerprint density at radius 1 is 1.21 bits per heavy atom. The largest absolute Gasteiger partial charge is 0.342 e. The second kappa shape index (κ2) is 8.27. The maximum Gasteiger partial charge on any atom is 0.232 e. The summed E-state index contributed by atoms with van der Waals surface area (Å²) in [6.07, 6.45) is 2.23. The number of hydrogen-bond acceptors (Lipinski definition) is 4. The molecule has 2 aromatic carbocycles. The van der Waals surface area contributed by atoms with Crippen molar-refractivity contribution in [2.75, 3.05) is 18.8 Å². The van der Waals surface area contributed by atoms with Crippen LogP contribution < -0.4 is 0 Å². The third kappa shape index (κ3) is 4.17. The predicted octanol–water partition coefficient (Wildman–Crippen LogP) is 4.79. The Bertz CT molecular complexity index is 996. The number of fused-ring (bicyclic) bond motifs is 1. The Labute approximate surface area is 168 Å². The third-order valence-electron chi connectivity index (χ3n) is 5.00. The van der Waals surface area contributed by atoms with Crippen molar-refractivity contribution >= 4 is 28.6 Å². The zero-order chi connectivity index (χ0) is 19.5. The number of piperidine rings is 1. The topological polar surface area (TPSA) is 46.1 Å². The molecule has 6 heteroatoms. The van der Waals surface area contributed by atoms with Crippen LogP contribution in [0.4, 0.5) is 4.39 Å². The Morgan fingerprint density at radius 2 is 2.04 bits per heavy atom. The third-order valence-corrected chi connectivity index (χ3v) is 5.97. The highest BCUT2D eigenvalue weighted by molar-refractivity contribution is 8.00. The van der Waals surface area contributed by atoms with Crippen LogP contribution in [0.1, 0.15) is 19.8 Å². The maximum absolute atomic E-state index is 13.8. The van der Waals surface area contributed by atoms with E-state index in [1.165, 1.54) is 30.3 Å². The van der Waals surface area contributed by atoms with Crippen LogP contribution in [-0.4, -0.2) is 39.6 Å². The quantitative estimate of drug-likeness (QED) is 0.471. The minimum absolute atomic E-state index is 0.112. The highest BCUT2D eigenvalue weighted by atomic mass is 32.2. The van der Waals surface area contributed by atoms with E-state index in [9.17, 15) is 9.18 Å². The molecular weight excluding hydrogens is 373 g/mol. The molecule has 0 saturated carbocycles. The molecule has 0 bridgehead atoms. The number of carbonyl (C=O) groups is 1. The molecule has 0 N–H and O–H groups in total. The van der Waals surface area contributed by atoms with Gasteiger partial charge in [0.15, 0.2) is 5.82 Å². The van der Waals surface area contributed by atoms with Gasteiger partial charge in [0.2, 0.25) is 5.91 Å². The van der Waals surface area contributed by atoms with Gasteiger partial charge < -0.3 is 4.90 Å². The summed E-state index contributed by atoms with van der Waals surface area (Å²) in [6, 6.07) is 14.2. The molecule has 1 aliphatic rings. The number of halogens is 1. The van der Waals surface area contributed by atoms with Crippen LogP contribution in [0.2, 0.25) is 0 Å². The molecular formula is C22H22FN3OS. The summed E-state index contributed by atoms with van der Waals surface area (Å²) in [5, 5.41) is 1.28. The molecule has 1 amide bonds. The summed E-state index contributed by atoms with van der Waals surface area (Å²) >= 11 is 1.36. The van der Waals surface area contributed by atoms with Gasteiger partial charge in [-0.1, -0.05) is 49.0 Å². The van der Waals surface area contributed by atoms with Crippen molar-refractivity contribution in [1.82, 2.24) is 14.9 Å². The molecule has 3 aromatic rings. The van der Waals surface area contributed by atoms with Crippen LogP contribution in [-0.2, 0) is 4.79 Å². The average Bonchev–Trinajstić information content (AvgIpc) is 2.72. The summed E-state index contributed by atoms with van der Waals surface area (Å²) in [5.41, 5.74) is 1.57.